The second kappa shape index (κ2) is 9.44. The molecule has 0 fully saturated rings. The Morgan fingerprint density at radius 3 is 2.68 bits per heavy atom. The van der Waals surface area contributed by atoms with Crippen LogP contribution in [-0.4, -0.2) is 62.3 Å². The van der Waals surface area contributed by atoms with Crippen LogP contribution in [0.5, 0.6) is 5.75 Å². The summed E-state index contributed by atoms with van der Waals surface area (Å²) in [5, 5.41) is 8.46. The topological polar surface area (TPSA) is 95.6 Å². The number of nitrogens with one attached hydrogen (secondary N) is 2. The monoisotopic (exact) mass is 493 g/mol. The first-order valence-electron chi connectivity index (χ1n) is 11.9. The van der Waals surface area contributed by atoms with E-state index in [1.165, 1.54) is 12.1 Å². The highest BCUT2D eigenvalue weighted by Gasteiger charge is 2.17. The Morgan fingerprint density at radius 1 is 0.973 bits per heavy atom. The largest absolute Gasteiger partial charge is 0.492 e. The van der Waals surface area contributed by atoms with Crippen LogP contribution in [-0.2, 0) is 0 Å². The summed E-state index contributed by atoms with van der Waals surface area (Å²) in [7, 11) is 3.94. The molecule has 184 valence electrons. The SMILES string of the molecule is CN(C)CCOc1cc(F)cc(-c2cccc3[nH]c(-c4n[nH]c5cnc(-c6ccncc6)cc45)nc23)c1. The smallest absolute Gasteiger partial charge is 0.159 e. The number of para-hydroxylation sites is 1. The van der Waals surface area contributed by atoms with Crippen LogP contribution >= 0.6 is 0 Å². The van der Waals surface area contributed by atoms with E-state index in [0.717, 1.165) is 45.3 Å². The molecule has 0 radical (unpaired) electrons. The fourth-order valence-corrected chi connectivity index (χ4v) is 4.30. The molecule has 4 heterocycles. The second-order valence-corrected chi connectivity index (χ2v) is 9.04. The van der Waals surface area contributed by atoms with Gasteiger partial charge in [-0.05, 0) is 56.1 Å². The third-order valence-electron chi connectivity index (χ3n) is 6.15. The van der Waals surface area contributed by atoms with Crippen LogP contribution in [0.3, 0.4) is 0 Å². The van der Waals surface area contributed by atoms with Crippen molar-refractivity contribution in [2.45, 2.75) is 0 Å². The molecule has 0 aliphatic rings. The van der Waals surface area contributed by atoms with Crippen LogP contribution in [0.15, 0.2) is 73.2 Å². The van der Waals surface area contributed by atoms with E-state index >= 15 is 0 Å². The molecule has 8 nitrogen and oxygen atoms in total. The molecule has 4 aromatic heterocycles. The Balaban J connectivity index is 1.41. The summed E-state index contributed by atoms with van der Waals surface area (Å²) in [6.45, 7) is 1.20. The molecular weight excluding hydrogens is 469 g/mol. The molecule has 6 rings (SSSR count). The van der Waals surface area contributed by atoms with Crippen LogP contribution in [0, 0.1) is 5.82 Å². The van der Waals surface area contributed by atoms with Gasteiger partial charge in [-0.1, -0.05) is 12.1 Å². The van der Waals surface area contributed by atoms with Gasteiger partial charge in [0.2, 0.25) is 0 Å². The molecule has 0 spiro atoms. The fraction of sp³-hybridized carbons (Fsp3) is 0.143. The molecule has 0 bridgehead atoms. The number of hydrogen-bond acceptors (Lipinski definition) is 6. The van der Waals surface area contributed by atoms with Crippen molar-refractivity contribution in [3.8, 4) is 39.7 Å². The van der Waals surface area contributed by atoms with Crippen molar-refractivity contribution in [3.63, 3.8) is 0 Å². The van der Waals surface area contributed by atoms with E-state index in [4.69, 9.17) is 9.72 Å². The van der Waals surface area contributed by atoms with Crippen LogP contribution < -0.4 is 4.74 Å². The van der Waals surface area contributed by atoms with Crippen molar-refractivity contribution < 1.29 is 9.13 Å². The molecule has 0 saturated heterocycles. The van der Waals surface area contributed by atoms with E-state index in [0.29, 0.717) is 29.4 Å². The molecule has 0 aliphatic heterocycles. The van der Waals surface area contributed by atoms with E-state index in [1.807, 2.05) is 61.5 Å². The molecule has 0 aliphatic carbocycles. The number of nitrogens with zero attached hydrogens (tertiary/aromatic N) is 5. The zero-order valence-electron chi connectivity index (χ0n) is 20.4. The number of benzene rings is 2. The number of halogens is 1. The number of likely N-dealkylation sites (N-methyl/N-ethyl adjacent to an activating group) is 1. The Morgan fingerprint density at radius 2 is 1.84 bits per heavy atom. The summed E-state index contributed by atoms with van der Waals surface area (Å²) in [5.41, 5.74) is 6.31. The van der Waals surface area contributed by atoms with E-state index < -0.39 is 0 Å². The number of aromatic amines is 2. The lowest BCUT2D eigenvalue weighted by Crippen LogP contribution is -2.19. The number of pyridine rings is 2. The van der Waals surface area contributed by atoms with Gasteiger partial charge in [-0.3, -0.25) is 15.1 Å². The van der Waals surface area contributed by atoms with Gasteiger partial charge < -0.3 is 14.6 Å². The van der Waals surface area contributed by atoms with Gasteiger partial charge in [-0.15, -0.1) is 0 Å². The molecule has 2 aromatic carbocycles. The number of fused-ring (bicyclic) bond motifs is 2. The summed E-state index contributed by atoms with van der Waals surface area (Å²) in [6.07, 6.45) is 5.24. The summed E-state index contributed by atoms with van der Waals surface area (Å²) in [4.78, 5) is 18.9. The van der Waals surface area contributed by atoms with Crippen molar-refractivity contribution in [1.29, 1.82) is 0 Å². The van der Waals surface area contributed by atoms with Gasteiger partial charge >= 0.3 is 0 Å². The lowest BCUT2D eigenvalue weighted by atomic mass is 10.0. The van der Waals surface area contributed by atoms with E-state index in [2.05, 4.69) is 25.1 Å². The van der Waals surface area contributed by atoms with Crippen molar-refractivity contribution in [3.05, 3.63) is 79.0 Å². The molecular formula is C28H24FN7O. The maximum atomic E-state index is 14.5. The number of hydrogen-bond donors (Lipinski definition) is 2. The highest BCUT2D eigenvalue weighted by Crippen LogP contribution is 2.34. The zero-order chi connectivity index (χ0) is 25.4. The van der Waals surface area contributed by atoms with E-state index in [-0.39, 0.29) is 5.82 Å². The van der Waals surface area contributed by atoms with Crippen molar-refractivity contribution in [2.24, 2.45) is 0 Å². The lowest BCUT2D eigenvalue weighted by Gasteiger charge is -2.12. The number of H-pyrrole nitrogens is 2. The Hall–Kier alpha value is -4.63. The van der Waals surface area contributed by atoms with Crippen LogP contribution in [0.25, 0.3) is 55.8 Å². The molecule has 0 amide bonds. The zero-order valence-corrected chi connectivity index (χ0v) is 20.4. The Kier molecular flexibility index (Phi) is 5.82. The molecule has 37 heavy (non-hydrogen) atoms. The molecule has 0 saturated carbocycles. The number of rotatable bonds is 7. The van der Waals surface area contributed by atoms with Gasteiger partial charge in [-0.2, -0.15) is 5.10 Å². The maximum absolute atomic E-state index is 14.5. The number of imidazole rings is 1. The minimum atomic E-state index is -0.362. The van der Waals surface area contributed by atoms with Gasteiger partial charge in [0.15, 0.2) is 5.82 Å². The highest BCUT2D eigenvalue weighted by molar-refractivity contribution is 5.97. The quantitative estimate of drug-likeness (QED) is 0.313. The minimum absolute atomic E-state index is 0.362. The Bertz CT molecular complexity index is 1710. The predicted octanol–water partition coefficient (Wildman–Crippen LogP) is 5.31. The standard InChI is InChI=1S/C28H24FN7O/c1-36(2)10-11-37-20-13-18(12-19(29)14-20)21-4-3-5-23-26(21)33-28(32-23)27-22-15-24(17-6-8-30-9-7-17)31-16-25(22)34-35-27/h3-9,12-16H,10-11H2,1-2H3,(H,32,33)(H,34,35). The predicted molar refractivity (Wildman–Crippen MR) is 142 cm³/mol. The summed E-state index contributed by atoms with van der Waals surface area (Å²) < 4.78 is 20.3. The average molecular weight is 494 g/mol. The molecule has 9 heteroatoms. The van der Waals surface area contributed by atoms with E-state index in [1.54, 1.807) is 18.6 Å². The average Bonchev–Trinajstić information content (AvgIpc) is 3.52. The van der Waals surface area contributed by atoms with Gasteiger partial charge in [-0.25, -0.2) is 9.37 Å². The maximum Gasteiger partial charge on any atom is 0.159 e. The first-order valence-corrected chi connectivity index (χ1v) is 11.9. The summed E-state index contributed by atoms with van der Waals surface area (Å²) in [6, 6.07) is 16.4. The minimum Gasteiger partial charge on any atom is -0.492 e. The first kappa shape index (κ1) is 22.8. The van der Waals surface area contributed by atoms with Crippen molar-refractivity contribution >= 4 is 21.9 Å². The van der Waals surface area contributed by atoms with Crippen LogP contribution in [0.1, 0.15) is 0 Å². The second-order valence-electron chi connectivity index (χ2n) is 9.04. The molecule has 6 aromatic rings. The lowest BCUT2D eigenvalue weighted by molar-refractivity contribution is 0.260. The van der Waals surface area contributed by atoms with Gasteiger partial charge in [0.1, 0.15) is 23.9 Å². The van der Waals surface area contributed by atoms with Gasteiger partial charge in [0, 0.05) is 41.5 Å². The van der Waals surface area contributed by atoms with Crippen LogP contribution in [0.4, 0.5) is 4.39 Å². The summed E-state index contributed by atoms with van der Waals surface area (Å²) in [5.74, 6) is 0.734. The summed E-state index contributed by atoms with van der Waals surface area (Å²) >= 11 is 0. The van der Waals surface area contributed by atoms with E-state index in [9.17, 15) is 4.39 Å². The van der Waals surface area contributed by atoms with Crippen molar-refractivity contribution in [2.75, 3.05) is 27.2 Å². The highest BCUT2D eigenvalue weighted by atomic mass is 19.1. The van der Waals surface area contributed by atoms with Crippen molar-refractivity contribution in [1.82, 2.24) is 35.0 Å². The number of aromatic nitrogens is 6. The molecule has 0 unspecified atom stereocenters. The third kappa shape index (κ3) is 4.52. The number of ether oxygens (including phenoxy) is 1. The molecule has 2 N–H and O–H groups in total. The first-order chi connectivity index (χ1) is 18.0. The van der Waals surface area contributed by atoms with Gasteiger partial charge in [0.25, 0.3) is 0 Å². The van der Waals surface area contributed by atoms with Crippen LogP contribution in [0.2, 0.25) is 0 Å². The molecule has 0 atom stereocenters. The fourth-order valence-electron chi connectivity index (χ4n) is 4.30. The third-order valence-corrected chi connectivity index (χ3v) is 6.15. The Labute approximate surface area is 212 Å². The van der Waals surface area contributed by atoms with Gasteiger partial charge in [0.05, 0.1) is 28.4 Å². The normalized spacial score (nSPS) is 11.6.